The van der Waals surface area contributed by atoms with Gasteiger partial charge in [0.2, 0.25) is 0 Å². The first-order valence-electron chi connectivity index (χ1n) is 8.54. The summed E-state index contributed by atoms with van der Waals surface area (Å²) >= 11 is 0. The van der Waals surface area contributed by atoms with Crippen molar-refractivity contribution < 1.29 is 13.2 Å². The molecule has 2 aromatic carbocycles. The van der Waals surface area contributed by atoms with Crippen molar-refractivity contribution in [3.63, 3.8) is 0 Å². The fourth-order valence-electron chi connectivity index (χ4n) is 3.54. The number of alkyl halides is 3. The molecule has 0 bridgehead atoms. The summed E-state index contributed by atoms with van der Waals surface area (Å²) in [7, 11) is 0. The molecule has 2 aromatic rings. The van der Waals surface area contributed by atoms with E-state index < -0.39 is 11.7 Å². The van der Waals surface area contributed by atoms with E-state index in [0.717, 1.165) is 25.5 Å². The third-order valence-electron chi connectivity index (χ3n) is 4.75. The summed E-state index contributed by atoms with van der Waals surface area (Å²) in [5.74, 6) is 0.334. The van der Waals surface area contributed by atoms with Gasteiger partial charge in [-0.2, -0.15) is 13.2 Å². The van der Waals surface area contributed by atoms with Gasteiger partial charge in [0.05, 0.1) is 5.56 Å². The molecule has 1 aliphatic rings. The van der Waals surface area contributed by atoms with E-state index in [1.165, 1.54) is 23.3 Å². The Bertz CT molecular complexity index is 710. The summed E-state index contributed by atoms with van der Waals surface area (Å²) in [5, 5.41) is 0. The topological polar surface area (TPSA) is 29.3 Å². The Hall–Kier alpha value is -2.01. The standard InChI is InChI=1S/C20H23F3N2/c1-14-5-7-15(8-6-14)9-16-10-18(24)13-25(12-16)19-4-2-3-17(11-19)20(21,22)23/h2-8,11,16,18H,9-10,12-13,24H2,1H3. The minimum Gasteiger partial charge on any atom is -0.370 e. The Morgan fingerprint density at radius 2 is 1.80 bits per heavy atom. The number of piperidine rings is 1. The van der Waals surface area contributed by atoms with Gasteiger partial charge >= 0.3 is 6.18 Å². The number of anilines is 1. The number of hydrogen-bond donors (Lipinski definition) is 1. The molecule has 0 saturated carbocycles. The van der Waals surface area contributed by atoms with Crippen LogP contribution in [-0.4, -0.2) is 19.1 Å². The van der Waals surface area contributed by atoms with Crippen molar-refractivity contribution in [3.05, 3.63) is 65.2 Å². The molecular formula is C20H23F3N2. The van der Waals surface area contributed by atoms with Crippen molar-refractivity contribution in [2.45, 2.75) is 32.0 Å². The molecular weight excluding hydrogens is 325 g/mol. The van der Waals surface area contributed by atoms with Crippen LogP contribution in [0.5, 0.6) is 0 Å². The lowest BCUT2D eigenvalue weighted by Gasteiger charge is -2.38. The lowest BCUT2D eigenvalue weighted by molar-refractivity contribution is -0.137. The van der Waals surface area contributed by atoms with E-state index in [0.29, 0.717) is 18.2 Å². The van der Waals surface area contributed by atoms with Gasteiger partial charge in [-0.15, -0.1) is 0 Å². The third kappa shape index (κ3) is 4.54. The summed E-state index contributed by atoms with van der Waals surface area (Å²) < 4.78 is 38.9. The van der Waals surface area contributed by atoms with Gasteiger partial charge in [0.15, 0.2) is 0 Å². The van der Waals surface area contributed by atoms with Crippen LogP contribution in [0.2, 0.25) is 0 Å². The number of halogens is 3. The second kappa shape index (κ2) is 7.08. The monoisotopic (exact) mass is 348 g/mol. The number of benzene rings is 2. The van der Waals surface area contributed by atoms with Gasteiger partial charge in [-0.25, -0.2) is 0 Å². The van der Waals surface area contributed by atoms with Gasteiger partial charge < -0.3 is 10.6 Å². The van der Waals surface area contributed by atoms with E-state index in [1.54, 1.807) is 6.07 Å². The van der Waals surface area contributed by atoms with Crippen molar-refractivity contribution >= 4 is 5.69 Å². The molecule has 5 heteroatoms. The molecule has 25 heavy (non-hydrogen) atoms. The van der Waals surface area contributed by atoms with E-state index in [4.69, 9.17) is 5.73 Å². The SMILES string of the molecule is Cc1ccc(CC2CC(N)CN(c3cccc(C(F)(F)F)c3)C2)cc1. The Kier molecular flexibility index (Phi) is 5.04. The molecule has 0 spiro atoms. The van der Waals surface area contributed by atoms with E-state index in [2.05, 4.69) is 31.2 Å². The molecule has 0 aliphatic carbocycles. The molecule has 2 unspecified atom stereocenters. The van der Waals surface area contributed by atoms with E-state index in [-0.39, 0.29) is 6.04 Å². The molecule has 2 N–H and O–H groups in total. The number of hydrogen-bond acceptors (Lipinski definition) is 2. The smallest absolute Gasteiger partial charge is 0.370 e. The zero-order valence-electron chi connectivity index (χ0n) is 14.3. The predicted octanol–water partition coefficient (Wildman–Crippen LogP) is 4.41. The quantitative estimate of drug-likeness (QED) is 0.890. The summed E-state index contributed by atoms with van der Waals surface area (Å²) in [6, 6.07) is 13.9. The highest BCUT2D eigenvalue weighted by Gasteiger charge is 2.32. The maximum atomic E-state index is 13.0. The van der Waals surface area contributed by atoms with Gasteiger partial charge in [-0.3, -0.25) is 0 Å². The fraction of sp³-hybridized carbons (Fsp3) is 0.400. The molecule has 134 valence electrons. The minimum atomic E-state index is -4.32. The number of rotatable bonds is 3. The molecule has 2 nitrogen and oxygen atoms in total. The fourth-order valence-corrected chi connectivity index (χ4v) is 3.54. The first-order valence-corrected chi connectivity index (χ1v) is 8.54. The first kappa shape index (κ1) is 17.8. The second-order valence-corrected chi connectivity index (χ2v) is 7.00. The predicted molar refractivity (Wildman–Crippen MR) is 94.6 cm³/mol. The van der Waals surface area contributed by atoms with Crippen LogP contribution < -0.4 is 10.6 Å². The maximum Gasteiger partial charge on any atom is 0.416 e. The van der Waals surface area contributed by atoms with Crippen LogP contribution in [-0.2, 0) is 12.6 Å². The molecule has 3 rings (SSSR count). The zero-order chi connectivity index (χ0) is 18.0. The zero-order valence-corrected chi connectivity index (χ0v) is 14.3. The van der Waals surface area contributed by atoms with Crippen molar-refractivity contribution in [2.24, 2.45) is 11.7 Å². The van der Waals surface area contributed by atoms with Crippen LogP contribution in [0.15, 0.2) is 48.5 Å². The number of nitrogens with two attached hydrogens (primary N) is 1. The van der Waals surface area contributed by atoms with Crippen LogP contribution >= 0.6 is 0 Å². The molecule has 0 amide bonds. The molecule has 2 atom stereocenters. The van der Waals surface area contributed by atoms with E-state index in [1.807, 2.05) is 4.90 Å². The Balaban J connectivity index is 1.75. The van der Waals surface area contributed by atoms with Gasteiger partial charge in [0.1, 0.15) is 0 Å². The first-order chi connectivity index (χ1) is 11.8. The summed E-state index contributed by atoms with van der Waals surface area (Å²) in [6.45, 7) is 3.37. The molecule has 1 aliphatic heterocycles. The van der Waals surface area contributed by atoms with Crippen LogP contribution in [0.3, 0.4) is 0 Å². The Morgan fingerprint density at radius 3 is 2.48 bits per heavy atom. The summed E-state index contributed by atoms with van der Waals surface area (Å²) in [5.41, 5.74) is 8.64. The molecule has 1 heterocycles. The maximum absolute atomic E-state index is 13.0. The molecule has 1 fully saturated rings. The van der Waals surface area contributed by atoms with Crippen LogP contribution in [0.1, 0.15) is 23.1 Å². The number of aryl methyl sites for hydroxylation is 1. The highest BCUT2D eigenvalue weighted by molar-refractivity contribution is 5.50. The van der Waals surface area contributed by atoms with Gasteiger partial charge in [-0.1, -0.05) is 35.9 Å². The Morgan fingerprint density at radius 1 is 1.08 bits per heavy atom. The molecule has 0 radical (unpaired) electrons. The lowest BCUT2D eigenvalue weighted by atomic mass is 9.88. The number of nitrogens with zero attached hydrogens (tertiary/aromatic N) is 1. The summed E-state index contributed by atoms with van der Waals surface area (Å²) in [4.78, 5) is 1.99. The van der Waals surface area contributed by atoms with E-state index >= 15 is 0 Å². The summed E-state index contributed by atoms with van der Waals surface area (Å²) in [6.07, 6.45) is -2.54. The third-order valence-corrected chi connectivity index (χ3v) is 4.75. The average Bonchev–Trinajstić information content (AvgIpc) is 2.56. The van der Waals surface area contributed by atoms with Gasteiger partial charge in [0, 0.05) is 24.8 Å². The highest BCUT2D eigenvalue weighted by atomic mass is 19.4. The van der Waals surface area contributed by atoms with Gasteiger partial charge in [0.25, 0.3) is 0 Å². The molecule has 0 aromatic heterocycles. The van der Waals surface area contributed by atoms with Crippen LogP contribution in [0.25, 0.3) is 0 Å². The molecule has 1 saturated heterocycles. The largest absolute Gasteiger partial charge is 0.416 e. The lowest BCUT2D eigenvalue weighted by Crippen LogP contribution is -2.47. The van der Waals surface area contributed by atoms with Crippen LogP contribution in [0, 0.1) is 12.8 Å². The van der Waals surface area contributed by atoms with Gasteiger partial charge in [-0.05, 0) is 49.4 Å². The van der Waals surface area contributed by atoms with Crippen LogP contribution in [0.4, 0.5) is 18.9 Å². The van der Waals surface area contributed by atoms with Crippen molar-refractivity contribution in [3.8, 4) is 0 Å². The van der Waals surface area contributed by atoms with E-state index in [9.17, 15) is 13.2 Å². The van der Waals surface area contributed by atoms with Crippen molar-refractivity contribution in [1.82, 2.24) is 0 Å². The van der Waals surface area contributed by atoms with Crippen molar-refractivity contribution in [1.29, 1.82) is 0 Å². The average molecular weight is 348 g/mol. The minimum absolute atomic E-state index is 0.0289. The Labute approximate surface area is 146 Å². The highest BCUT2D eigenvalue weighted by Crippen LogP contribution is 2.33. The van der Waals surface area contributed by atoms with Crippen molar-refractivity contribution in [2.75, 3.05) is 18.0 Å². The second-order valence-electron chi connectivity index (χ2n) is 7.00. The normalized spacial score (nSPS) is 21.4.